The second-order valence-electron chi connectivity index (χ2n) is 7.61. The van der Waals surface area contributed by atoms with Gasteiger partial charge in [0, 0.05) is 11.9 Å². The van der Waals surface area contributed by atoms with Crippen molar-refractivity contribution in [2.75, 3.05) is 12.0 Å². The minimum absolute atomic E-state index is 0.0214. The van der Waals surface area contributed by atoms with Gasteiger partial charge in [-0.15, -0.1) is 0 Å². The predicted molar refractivity (Wildman–Crippen MR) is 118 cm³/mol. The smallest absolute Gasteiger partial charge is 0.300 e. The normalized spacial score (nSPS) is 17.6. The maximum Gasteiger partial charge on any atom is 0.300 e. The molecule has 1 amide bonds. The summed E-state index contributed by atoms with van der Waals surface area (Å²) in [5.74, 6) is -2.67. The summed E-state index contributed by atoms with van der Waals surface area (Å²) in [4.78, 5) is 32.0. The molecule has 162 valence electrons. The number of pyridine rings is 1. The molecule has 1 aliphatic heterocycles. The molecule has 1 aliphatic rings. The molecule has 0 bridgehead atoms. The van der Waals surface area contributed by atoms with Crippen LogP contribution in [0.1, 0.15) is 28.4 Å². The first kappa shape index (κ1) is 21.2. The van der Waals surface area contributed by atoms with E-state index in [2.05, 4.69) is 4.98 Å². The molecule has 0 saturated carbocycles. The van der Waals surface area contributed by atoms with E-state index in [0.29, 0.717) is 11.4 Å². The number of aliphatic hydroxyl groups excluding tert-OH is 1. The maximum atomic E-state index is 14.0. The van der Waals surface area contributed by atoms with E-state index in [9.17, 15) is 19.1 Å². The molecule has 1 saturated heterocycles. The average Bonchev–Trinajstić information content (AvgIpc) is 3.04. The van der Waals surface area contributed by atoms with E-state index in [-0.39, 0.29) is 16.9 Å². The van der Waals surface area contributed by atoms with Crippen LogP contribution in [0.5, 0.6) is 5.75 Å². The van der Waals surface area contributed by atoms with Gasteiger partial charge in [0.05, 0.1) is 23.9 Å². The number of nitrogens with zero attached hydrogens (tertiary/aromatic N) is 2. The topological polar surface area (TPSA) is 79.7 Å². The first-order valence-corrected chi connectivity index (χ1v) is 9.96. The van der Waals surface area contributed by atoms with E-state index in [1.165, 1.54) is 24.1 Å². The first-order valence-electron chi connectivity index (χ1n) is 9.96. The van der Waals surface area contributed by atoms with Crippen LogP contribution in [0.3, 0.4) is 0 Å². The second kappa shape index (κ2) is 8.26. The molecule has 1 unspecified atom stereocenters. The van der Waals surface area contributed by atoms with Crippen molar-refractivity contribution in [2.45, 2.75) is 19.9 Å². The summed E-state index contributed by atoms with van der Waals surface area (Å²) in [5, 5.41) is 11.2. The molecule has 7 heteroatoms. The maximum absolute atomic E-state index is 14.0. The summed E-state index contributed by atoms with van der Waals surface area (Å²) in [5.41, 5.74) is 2.51. The fourth-order valence-corrected chi connectivity index (χ4v) is 4.02. The molecule has 0 radical (unpaired) electrons. The van der Waals surface area contributed by atoms with Gasteiger partial charge in [-0.3, -0.25) is 19.5 Å². The zero-order chi connectivity index (χ0) is 23.0. The Morgan fingerprint density at radius 2 is 1.78 bits per heavy atom. The van der Waals surface area contributed by atoms with E-state index in [0.717, 1.165) is 17.2 Å². The van der Waals surface area contributed by atoms with Gasteiger partial charge in [-0.05, 0) is 67.4 Å². The van der Waals surface area contributed by atoms with Crippen molar-refractivity contribution >= 4 is 23.1 Å². The third kappa shape index (κ3) is 3.62. The van der Waals surface area contributed by atoms with E-state index in [1.807, 2.05) is 19.9 Å². The molecular formula is C25H21FN2O4. The van der Waals surface area contributed by atoms with Gasteiger partial charge >= 0.3 is 0 Å². The number of ether oxygens (including phenoxy) is 1. The highest BCUT2D eigenvalue weighted by Gasteiger charge is 2.48. The van der Waals surface area contributed by atoms with Crippen LogP contribution < -0.4 is 9.64 Å². The van der Waals surface area contributed by atoms with E-state index in [1.54, 1.807) is 36.5 Å². The number of Topliss-reactive ketones (excluding diaryl/α,β-unsaturated/α-hetero) is 1. The van der Waals surface area contributed by atoms with Crippen LogP contribution >= 0.6 is 0 Å². The van der Waals surface area contributed by atoms with Gasteiger partial charge in [0.25, 0.3) is 11.7 Å². The number of aromatic nitrogens is 1. The molecular weight excluding hydrogens is 411 g/mol. The molecule has 1 atom stereocenters. The lowest BCUT2D eigenvalue weighted by atomic mass is 9.97. The Hall–Kier alpha value is -4.00. The number of hydrogen-bond donors (Lipinski definition) is 1. The molecule has 2 heterocycles. The summed E-state index contributed by atoms with van der Waals surface area (Å²) >= 11 is 0. The highest BCUT2D eigenvalue weighted by atomic mass is 19.1. The van der Waals surface area contributed by atoms with Crippen LogP contribution in [0, 0.1) is 19.7 Å². The number of carbonyl (C=O) groups excluding carboxylic acids is 2. The minimum atomic E-state index is -0.995. The third-order valence-electron chi connectivity index (χ3n) is 5.31. The number of aryl methyl sites for hydroxylation is 2. The third-order valence-corrected chi connectivity index (χ3v) is 5.31. The molecule has 6 nitrogen and oxygen atoms in total. The van der Waals surface area contributed by atoms with Crippen molar-refractivity contribution in [2.24, 2.45) is 0 Å². The number of anilines is 1. The number of hydrogen-bond acceptors (Lipinski definition) is 5. The molecule has 3 aromatic rings. The Kier molecular flexibility index (Phi) is 5.48. The molecule has 2 aromatic carbocycles. The largest absolute Gasteiger partial charge is 0.507 e. The summed E-state index contributed by atoms with van der Waals surface area (Å²) < 4.78 is 19.2. The van der Waals surface area contributed by atoms with Crippen molar-refractivity contribution in [3.63, 3.8) is 0 Å². The fourth-order valence-electron chi connectivity index (χ4n) is 4.02. The van der Waals surface area contributed by atoms with E-state index < -0.39 is 29.3 Å². The van der Waals surface area contributed by atoms with Gasteiger partial charge in [0.1, 0.15) is 23.4 Å². The van der Waals surface area contributed by atoms with Crippen molar-refractivity contribution in [1.82, 2.24) is 4.98 Å². The van der Waals surface area contributed by atoms with Gasteiger partial charge < -0.3 is 9.84 Å². The molecule has 4 rings (SSSR count). The SMILES string of the molecule is COc1ccc(F)cc1/C(O)=C1\C(=O)C(=O)N(c2cc(C)cc(C)c2)C1c1ccccn1. The molecule has 0 spiro atoms. The quantitative estimate of drug-likeness (QED) is 0.374. The number of aliphatic hydroxyl groups is 1. The summed E-state index contributed by atoms with van der Waals surface area (Å²) in [6, 6.07) is 13.2. The van der Waals surface area contributed by atoms with Crippen LogP contribution in [-0.2, 0) is 9.59 Å². The van der Waals surface area contributed by atoms with Crippen LogP contribution in [0.15, 0.2) is 66.4 Å². The van der Waals surface area contributed by atoms with Gasteiger partial charge in [-0.1, -0.05) is 12.1 Å². The Morgan fingerprint density at radius 1 is 1.06 bits per heavy atom. The molecule has 1 N–H and O–H groups in total. The van der Waals surface area contributed by atoms with Gasteiger partial charge in [-0.2, -0.15) is 0 Å². The van der Waals surface area contributed by atoms with Crippen molar-refractivity contribution in [3.8, 4) is 5.75 Å². The molecule has 1 aromatic heterocycles. The molecule has 0 aliphatic carbocycles. The lowest BCUT2D eigenvalue weighted by Crippen LogP contribution is -2.30. The molecule has 1 fully saturated rings. The van der Waals surface area contributed by atoms with Crippen LogP contribution in [-0.4, -0.2) is 28.9 Å². The Balaban J connectivity index is 2.00. The monoisotopic (exact) mass is 432 g/mol. The summed E-state index contributed by atoms with van der Waals surface area (Å²) in [6.45, 7) is 3.78. The number of carbonyl (C=O) groups is 2. The lowest BCUT2D eigenvalue weighted by Gasteiger charge is -2.25. The van der Waals surface area contributed by atoms with Gasteiger partial charge in [0.15, 0.2) is 0 Å². The number of benzene rings is 2. The van der Waals surface area contributed by atoms with Crippen molar-refractivity contribution < 1.29 is 23.8 Å². The van der Waals surface area contributed by atoms with Crippen LogP contribution in [0.2, 0.25) is 0 Å². The predicted octanol–water partition coefficient (Wildman–Crippen LogP) is 4.47. The summed E-state index contributed by atoms with van der Waals surface area (Å²) in [6.07, 6.45) is 1.54. The number of methoxy groups -OCH3 is 1. The highest BCUT2D eigenvalue weighted by Crippen LogP contribution is 2.43. The second-order valence-corrected chi connectivity index (χ2v) is 7.61. The van der Waals surface area contributed by atoms with E-state index >= 15 is 0 Å². The number of rotatable bonds is 4. The van der Waals surface area contributed by atoms with Crippen molar-refractivity contribution in [1.29, 1.82) is 0 Å². The fraction of sp³-hybridized carbons (Fsp3) is 0.160. The zero-order valence-corrected chi connectivity index (χ0v) is 17.8. The summed E-state index contributed by atoms with van der Waals surface area (Å²) in [7, 11) is 1.37. The van der Waals surface area contributed by atoms with Crippen LogP contribution in [0.25, 0.3) is 5.76 Å². The Morgan fingerprint density at radius 3 is 2.41 bits per heavy atom. The Bertz CT molecular complexity index is 1230. The van der Waals surface area contributed by atoms with Crippen molar-refractivity contribution in [3.05, 3.63) is 94.6 Å². The standard InChI is InChI=1S/C25H21FN2O4/c1-14-10-15(2)12-17(11-14)28-22(19-6-4-5-9-27-19)21(24(30)25(28)31)23(29)18-13-16(26)7-8-20(18)32-3/h4-13,22,29H,1-3H3/b23-21+. The highest BCUT2D eigenvalue weighted by molar-refractivity contribution is 6.51. The number of ketones is 1. The molecule has 32 heavy (non-hydrogen) atoms. The zero-order valence-electron chi connectivity index (χ0n) is 17.8. The minimum Gasteiger partial charge on any atom is -0.507 e. The van der Waals surface area contributed by atoms with E-state index in [4.69, 9.17) is 4.74 Å². The first-order chi connectivity index (χ1) is 15.3. The van der Waals surface area contributed by atoms with Gasteiger partial charge in [-0.25, -0.2) is 4.39 Å². The van der Waals surface area contributed by atoms with Crippen LogP contribution in [0.4, 0.5) is 10.1 Å². The Labute approximate surface area is 184 Å². The average molecular weight is 432 g/mol. The lowest BCUT2D eigenvalue weighted by molar-refractivity contribution is -0.132. The number of halogens is 1. The van der Waals surface area contributed by atoms with Gasteiger partial charge in [0.2, 0.25) is 0 Å². The number of amides is 1.